The fourth-order valence-corrected chi connectivity index (χ4v) is 5.36. The standard InChI is InChI=1S/C18H30O3S.C6H6O3S.C4H8O3S.2Na/c1-2-3-4-5-6-7-8-9-10-14-17-21-22(19,20)18-15-12-11-13-16-18;7-10(8,9)6-4-2-1-3-5-6;1-4(2)3-8(5,6)7;;/h11-13,15-16H,2-10,14,17H2,1H3;1-5H,(H,7,8,9);1,3H2,2H3,(H,5,6,7);;/q;;;2*+1/p-2. The molecule has 0 atom stereocenters. The van der Waals surface area contributed by atoms with E-state index in [1.165, 1.54) is 82.6 Å². The summed E-state index contributed by atoms with van der Waals surface area (Å²) in [5.74, 6) is -0.451. The van der Waals surface area contributed by atoms with Gasteiger partial charge in [-0.2, -0.15) is 8.42 Å². The molecule has 0 amide bonds. The Kier molecular flexibility index (Phi) is 28.9. The summed E-state index contributed by atoms with van der Waals surface area (Å²) >= 11 is 0. The summed E-state index contributed by atoms with van der Waals surface area (Å²) in [5.41, 5.74) is 0.375. The van der Waals surface area contributed by atoms with Crippen LogP contribution < -0.4 is 59.1 Å². The summed E-state index contributed by atoms with van der Waals surface area (Å²) in [5, 5.41) is 0. The van der Waals surface area contributed by atoms with Gasteiger partial charge in [0.05, 0.1) is 32.3 Å². The first-order valence-electron chi connectivity index (χ1n) is 13.2. The van der Waals surface area contributed by atoms with Gasteiger partial charge in [0.1, 0.15) is 10.1 Å². The van der Waals surface area contributed by atoms with Crippen LogP contribution in [-0.2, 0) is 34.5 Å². The largest absolute Gasteiger partial charge is 1.00 e. The molecule has 0 spiro atoms. The van der Waals surface area contributed by atoms with Crippen molar-refractivity contribution in [2.24, 2.45) is 0 Å². The van der Waals surface area contributed by atoms with Gasteiger partial charge in [0.25, 0.3) is 10.1 Å². The van der Waals surface area contributed by atoms with Crippen LogP contribution in [0, 0.1) is 0 Å². The van der Waals surface area contributed by atoms with Gasteiger partial charge in [-0.3, -0.25) is 4.18 Å². The molecule has 0 aliphatic carbocycles. The van der Waals surface area contributed by atoms with Gasteiger partial charge in [-0.05, 0) is 37.6 Å². The maximum absolute atomic E-state index is 11.9. The molecule has 42 heavy (non-hydrogen) atoms. The molecule has 0 saturated heterocycles. The van der Waals surface area contributed by atoms with Gasteiger partial charge < -0.3 is 9.11 Å². The van der Waals surface area contributed by atoms with E-state index in [2.05, 4.69) is 13.5 Å². The molecule has 0 saturated carbocycles. The number of rotatable bonds is 16. The summed E-state index contributed by atoms with van der Waals surface area (Å²) < 4.78 is 89.1. The molecule has 0 aromatic heterocycles. The molecular formula is C28H42Na2O9S3. The minimum absolute atomic E-state index is 0. The molecule has 14 heteroatoms. The minimum atomic E-state index is -4.25. The third kappa shape index (κ3) is 27.5. The van der Waals surface area contributed by atoms with Crippen molar-refractivity contribution in [1.29, 1.82) is 0 Å². The third-order valence-electron chi connectivity index (χ3n) is 5.22. The quantitative estimate of drug-likeness (QED) is 0.0793. The summed E-state index contributed by atoms with van der Waals surface area (Å²) in [6.07, 6.45) is 12.3. The first-order valence-corrected chi connectivity index (χ1v) is 17.6. The van der Waals surface area contributed by atoms with Crippen molar-refractivity contribution in [2.75, 3.05) is 12.4 Å². The molecule has 0 N–H and O–H groups in total. The van der Waals surface area contributed by atoms with Crippen molar-refractivity contribution in [2.45, 2.75) is 87.8 Å². The SMILES string of the molecule is C=C(C)CS(=O)(=O)[O-].CCCCCCCCCCCCOS(=O)(=O)c1ccccc1.O=S(=O)([O-])c1ccccc1.[Na+].[Na+]. The van der Waals surface area contributed by atoms with Gasteiger partial charge in [-0.15, -0.1) is 0 Å². The Balaban J connectivity index is -0.000000631. The first-order chi connectivity index (χ1) is 18.7. The van der Waals surface area contributed by atoms with Crippen molar-refractivity contribution < 1.29 is 97.7 Å². The van der Waals surface area contributed by atoms with Crippen LogP contribution in [0.5, 0.6) is 0 Å². The van der Waals surface area contributed by atoms with Crippen LogP contribution in [0.15, 0.2) is 82.6 Å². The van der Waals surface area contributed by atoms with E-state index in [9.17, 15) is 34.4 Å². The van der Waals surface area contributed by atoms with Crippen LogP contribution in [0.2, 0.25) is 0 Å². The van der Waals surface area contributed by atoms with Crippen molar-refractivity contribution in [1.82, 2.24) is 0 Å². The van der Waals surface area contributed by atoms with E-state index in [1.807, 2.05) is 0 Å². The molecule has 0 aliphatic rings. The van der Waals surface area contributed by atoms with Gasteiger partial charge in [-0.1, -0.05) is 113 Å². The first kappa shape index (κ1) is 46.3. The number of hydrogen-bond donors (Lipinski definition) is 0. The molecule has 9 nitrogen and oxygen atoms in total. The Morgan fingerprint density at radius 1 is 0.667 bits per heavy atom. The number of benzene rings is 2. The smallest absolute Gasteiger partial charge is 0.748 e. The van der Waals surface area contributed by atoms with Crippen LogP contribution >= 0.6 is 0 Å². The zero-order valence-corrected chi connectivity index (χ0v) is 31.8. The molecule has 0 radical (unpaired) electrons. The molecule has 228 valence electrons. The summed E-state index contributed by atoms with van der Waals surface area (Å²) in [6, 6.07) is 15.5. The molecule has 0 aliphatic heterocycles. The maximum Gasteiger partial charge on any atom is 1.00 e. The Labute approximate surface area is 298 Å². The molecule has 2 aromatic carbocycles. The average Bonchev–Trinajstić information content (AvgIpc) is 2.87. The molecular weight excluding hydrogens is 622 g/mol. The van der Waals surface area contributed by atoms with E-state index in [4.69, 9.17) is 4.18 Å². The Morgan fingerprint density at radius 3 is 1.36 bits per heavy atom. The second-order valence-electron chi connectivity index (χ2n) is 9.20. The van der Waals surface area contributed by atoms with E-state index in [-0.39, 0.29) is 75.5 Å². The molecule has 2 aromatic rings. The molecule has 0 bridgehead atoms. The summed E-state index contributed by atoms with van der Waals surface area (Å²) in [6.45, 7) is 7.28. The molecule has 0 fully saturated rings. The molecule has 0 unspecified atom stereocenters. The third-order valence-corrected chi connectivity index (χ3v) is 8.25. The van der Waals surface area contributed by atoms with E-state index in [0.717, 1.165) is 12.8 Å². The van der Waals surface area contributed by atoms with Crippen molar-refractivity contribution >= 4 is 30.4 Å². The van der Waals surface area contributed by atoms with Crippen molar-refractivity contribution in [3.63, 3.8) is 0 Å². The van der Waals surface area contributed by atoms with Gasteiger partial charge in [0.2, 0.25) is 0 Å². The Hall–Kier alpha value is -0.0900. The maximum atomic E-state index is 11.9. The van der Waals surface area contributed by atoms with Crippen LogP contribution in [0.3, 0.4) is 0 Å². The van der Waals surface area contributed by atoms with Crippen LogP contribution in [0.4, 0.5) is 0 Å². The van der Waals surface area contributed by atoms with E-state index in [1.54, 1.807) is 36.4 Å². The fourth-order valence-electron chi connectivity index (χ4n) is 3.30. The van der Waals surface area contributed by atoms with Crippen LogP contribution in [-0.4, -0.2) is 46.7 Å². The average molecular weight is 665 g/mol. The fraction of sp³-hybridized carbons (Fsp3) is 0.500. The van der Waals surface area contributed by atoms with Gasteiger partial charge in [-0.25, -0.2) is 16.8 Å². The number of unbranched alkanes of at least 4 members (excludes halogenated alkanes) is 9. The van der Waals surface area contributed by atoms with Crippen LogP contribution in [0.25, 0.3) is 0 Å². The topological polar surface area (TPSA) is 158 Å². The summed E-state index contributed by atoms with van der Waals surface area (Å²) in [7, 11) is -11.9. The van der Waals surface area contributed by atoms with Gasteiger partial charge in [0, 0.05) is 0 Å². The molecule has 2 rings (SSSR count). The van der Waals surface area contributed by atoms with Crippen molar-refractivity contribution in [3.8, 4) is 0 Å². The van der Waals surface area contributed by atoms with Crippen molar-refractivity contribution in [3.05, 3.63) is 72.8 Å². The van der Waals surface area contributed by atoms with E-state index >= 15 is 0 Å². The molecule has 0 heterocycles. The van der Waals surface area contributed by atoms with Crippen LogP contribution in [0.1, 0.15) is 78.1 Å². The number of hydrogen-bond acceptors (Lipinski definition) is 9. The zero-order valence-electron chi connectivity index (χ0n) is 25.4. The Bertz CT molecular complexity index is 1270. The van der Waals surface area contributed by atoms with Gasteiger partial charge >= 0.3 is 59.1 Å². The van der Waals surface area contributed by atoms with E-state index < -0.39 is 36.1 Å². The Morgan fingerprint density at radius 2 is 1.05 bits per heavy atom. The van der Waals surface area contributed by atoms with Gasteiger partial charge in [0.15, 0.2) is 0 Å². The zero-order chi connectivity index (χ0) is 30.5. The second-order valence-corrected chi connectivity index (χ2v) is 13.6. The predicted octanol–water partition coefficient (Wildman–Crippen LogP) is 0.0192. The predicted molar refractivity (Wildman–Crippen MR) is 155 cm³/mol. The minimum Gasteiger partial charge on any atom is -0.748 e. The summed E-state index contributed by atoms with van der Waals surface area (Å²) in [4.78, 5) is 0.0529. The monoisotopic (exact) mass is 664 g/mol. The normalized spacial score (nSPS) is 11.0. The van der Waals surface area contributed by atoms with E-state index in [0.29, 0.717) is 5.57 Å². The second kappa shape index (κ2) is 26.2.